The molecule has 2 heteroatoms. The van der Waals surface area contributed by atoms with Crippen LogP contribution in [0.1, 0.15) is 31.9 Å². The summed E-state index contributed by atoms with van der Waals surface area (Å²) in [6.45, 7) is 7.11. The molecule has 0 saturated carbocycles. The van der Waals surface area contributed by atoms with Crippen molar-refractivity contribution >= 4 is 10.8 Å². The molecule has 22 heavy (non-hydrogen) atoms. The average Bonchev–Trinajstić information content (AvgIpc) is 2.50. The third-order valence-electron chi connectivity index (χ3n) is 4.04. The largest absolute Gasteiger partial charge is 0.311 e. The summed E-state index contributed by atoms with van der Waals surface area (Å²) in [5.41, 5.74) is 2.44. The molecule has 0 aliphatic rings. The van der Waals surface area contributed by atoms with Crippen molar-refractivity contribution in [3.8, 4) is 0 Å². The van der Waals surface area contributed by atoms with Crippen molar-refractivity contribution in [2.75, 3.05) is 0 Å². The Morgan fingerprint density at radius 2 is 1.68 bits per heavy atom. The maximum Gasteiger partial charge on any atom is 0.258 e. The predicted octanol–water partition coefficient (Wildman–Crippen LogP) is 4.35. The molecule has 0 bridgehead atoms. The summed E-state index contributed by atoms with van der Waals surface area (Å²) >= 11 is 0. The topological polar surface area (TPSA) is 22.0 Å². The number of rotatable bonds is 2. The molecule has 0 fully saturated rings. The Hall–Kier alpha value is -2.35. The van der Waals surface area contributed by atoms with Crippen molar-refractivity contribution in [1.29, 1.82) is 0 Å². The van der Waals surface area contributed by atoms with E-state index in [9.17, 15) is 4.79 Å². The number of pyridine rings is 1. The second-order valence-corrected chi connectivity index (χ2v) is 6.79. The van der Waals surface area contributed by atoms with E-state index in [1.807, 2.05) is 54.7 Å². The molecule has 0 radical (unpaired) electrons. The molecule has 3 aromatic rings. The van der Waals surface area contributed by atoms with Gasteiger partial charge in [0.05, 0.1) is 6.54 Å². The fourth-order valence-corrected chi connectivity index (χ4v) is 2.65. The molecule has 2 nitrogen and oxygen atoms in total. The van der Waals surface area contributed by atoms with Crippen molar-refractivity contribution in [2.45, 2.75) is 32.7 Å². The Labute approximate surface area is 131 Å². The van der Waals surface area contributed by atoms with Crippen LogP contribution in [-0.4, -0.2) is 4.57 Å². The van der Waals surface area contributed by atoms with Crippen molar-refractivity contribution < 1.29 is 0 Å². The van der Waals surface area contributed by atoms with Gasteiger partial charge in [0.25, 0.3) is 5.56 Å². The van der Waals surface area contributed by atoms with Gasteiger partial charge in [0.2, 0.25) is 0 Å². The number of hydrogen-bond donors (Lipinski definition) is 0. The Bertz CT molecular complexity index is 854. The number of benzene rings is 2. The van der Waals surface area contributed by atoms with Gasteiger partial charge < -0.3 is 4.57 Å². The molecule has 2 aromatic carbocycles. The number of nitrogens with zero attached hydrogens (tertiary/aromatic N) is 1. The Kier molecular flexibility index (Phi) is 3.61. The molecule has 0 atom stereocenters. The Morgan fingerprint density at radius 1 is 0.955 bits per heavy atom. The lowest BCUT2D eigenvalue weighted by atomic mass is 9.86. The zero-order chi connectivity index (χ0) is 15.7. The van der Waals surface area contributed by atoms with E-state index < -0.39 is 0 Å². The maximum atomic E-state index is 12.8. The molecular weight excluding hydrogens is 270 g/mol. The van der Waals surface area contributed by atoms with E-state index in [-0.39, 0.29) is 11.0 Å². The van der Waals surface area contributed by atoms with Gasteiger partial charge in [0.15, 0.2) is 0 Å². The highest BCUT2D eigenvalue weighted by Gasteiger charge is 2.15. The predicted molar refractivity (Wildman–Crippen MR) is 92.5 cm³/mol. The molecule has 0 saturated heterocycles. The third kappa shape index (κ3) is 2.82. The van der Waals surface area contributed by atoms with Crippen molar-refractivity contribution in [3.05, 3.63) is 82.3 Å². The zero-order valence-corrected chi connectivity index (χ0v) is 13.3. The van der Waals surface area contributed by atoms with Gasteiger partial charge in [-0.05, 0) is 34.1 Å². The van der Waals surface area contributed by atoms with Gasteiger partial charge in [-0.1, -0.05) is 63.2 Å². The fourth-order valence-electron chi connectivity index (χ4n) is 2.65. The van der Waals surface area contributed by atoms with Gasteiger partial charge in [-0.15, -0.1) is 0 Å². The number of hydrogen-bond acceptors (Lipinski definition) is 1. The van der Waals surface area contributed by atoms with Crippen LogP contribution >= 0.6 is 0 Å². The molecule has 0 aliphatic heterocycles. The van der Waals surface area contributed by atoms with Gasteiger partial charge in [0.1, 0.15) is 0 Å². The van der Waals surface area contributed by atoms with Crippen LogP contribution in [0.3, 0.4) is 0 Å². The monoisotopic (exact) mass is 291 g/mol. The summed E-state index contributed by atoms with van der Waals surface area (Å²) in [6, 6.07) is 18.3. The van der Waals surface area contributed by atoms with E-state index in [0.717, 1.165) is 16.3 Å². The first-order valence-electron chi connectivity index (χ1n) is 7.63. The molecule has 1 heterocycles. The van der Waals surface area contributed by atoms with Gasteiger partial charge in [-0.2, -0.15) is 0 Å². The first-order chi connectivity index (χ1) is 10.4. The summed E-state index contributed by atoms with van der Waals surface area (Å²) in [5, 5.41) is 1.80. The van der Waals surface area contributed by atoms with E-state index in [1.165, 1.54) is 5.56 Å². The molecule has 3 rings (SSSR count). The highest BCUT2D eigenvalue weighted by atomic mass is 16.1. The minimum atomic E-state index is 0.0424. The molecule has 0 aliphatic carbocycles. The van der Waals surface area contributed by atoms with Gasteiger partial charge in [-0.3, -0.25) is 4.79 Å². The molecule has 0 unspecified atom stereocenters. The van der Waals surface area contributed by atoms with E-state index >= 15 is 0 Å². The minimum Gasteiger partial charge on any atom is -0.311 e. The molecule has 1 aromatic heterocycles. The van der Waals surface area contributed by atoms with Crippen LogP contribution in [0.2, 0.25) is 0 Å². The van der Waals surface area contributed by atoms with Crippen molar-refractivity contribution in [3.63, 3.8) is 0 Å². The van der Waals surface area contributed by atoms with Crippen LogP contribution in [0.25, 0.3) is 10.8 Å². The van der Waals surface area contributed by atoms with E-state index in [4.69, 9.17) is 0 Å². The first-order valence-corrected chi connectivity index (χ1v) is 7.63. The van der Waals surface area contributed by atoms with Gasteiger partial charge in [-0.25, -0.2) is 0 Å². The minimum absolute atomic E-state index is 0.0424. The third-order valence-corrected chi connectivity index (χ3v) is 4.04. The van der Waals surface area contributed by atoms with Crippen LogP contribution < -0.4 is 5.56 Å². The molecule has 0 spiro atoms. The van der Waals surface area contributed by atoms with E-state index in [2.05, 4.69) is 26.8 Å². The summed E-state index contributed by atoms with van der Waals surface area (Å²) < 4.78 is 1.78. The first kappa shape index (κ1) is 14.6. The second kappa shape index (κ2) is 5.45. The second-order valence-electron chi connectivity index (χ2n) is 6.79. The van der Waals surface area contributed by atoms with Crippen LogP contribution in [-0.2, 0) is 12.0 Å². The van der Waals surface area contributed by atoms with Crippen molar-refractivity contribution in [1.82, 2.24) is 4.57 Å². The highest BCUT2D eigenvalue weighted by molar-refractivity contribution is 5.82. The lowest BCUT2D eigenvalue weighted by Crippen LogP contribution is -2.21. The van der Waals surface area contributed by atoms with Crippen LogP contribution in [0, 0.1) is 0 Å². The Morgan fingerprint density at radius 3 is 2.36 bits per heavy atom. The summed E-state index contributed by atoms with van der Waals surface area (Å²) in [6.07, 6.45) is 1.88. The summed E-state index contributed by atoms with van der Waals surface area (Å²) in [7, 11) is 0. The SMILES string of the molecule is CC(C)(C)c1ccc2ccn(Cc3ccccc3)c(=O)c2c1. The molecule has 0 N–H and O–H groups in total. The lowest BCUT2D eigenvalue weighted by molar-refractivity contribution is 0.591. The van der Waals surface area contributed by atoms with E-state index in [0.29, 0.717) is 6.54 Å². The van der Waals surface area contributed by atoms with Gasteiger partial charge >= 0.3 is 0 Å². The van der Waals surface area contributed by atoms with Crippen LogP contribution in [0.15, 0.2) is 65.6 Å². The molecule has 112 valence electrons. The highest BCUT2D eigenvalue weighted by Crippen LogP contribution is 2.24. The quantitative estimate of drug-likeness (QED) is 0.688. The Balaban J connectivity index is 2.10. The zero-order valence-electron chi connectivity index (χ0n) is 13.3. The lowest BCUT2D eigenvalue weighted by Gasteiger charge is -2.19. The molecule has 0 amide bonds. The summed E-state index contributed by atoms with van der Waals surface area (Å²) in [5.74, 6) is 0. The van der Waals surface area contributed by atoms with Gasteiger partial charge in [0, 0.05) is 11.6 Å². The average molecular weight is 291 g/mol. The fraction of sp³-hybridized carbons (Fsp3) is 0.250. The number of aromatic nitrogens is 1. The van der Waals surface area contributed by atoms with E-state index in [1.54, 1.807) is 4.57 Å². The summed E-state index contributed by atoms with van der Waals surface area (Å²) in [4.78, 5) is 12.8. The maximum absolute atomic E-state index is 12.8. The normalized spacial score (nSPS) is 11.8. The van der Waals surface area contributed by atoms with Crippen molar-refractivity contribution in [2.24, 2.45) is 0 Å². The van der Waals surface area contributed by atoms with Crippen LogP contribution in [0.5, 0.6) is 0 Å². The standard InChI is InChI=1S/C20H21NO/c1-20(2,3)17-10-9-16-11-12-21(19(22)18(16)13-17)14-15-7-5-4-6-8-15/h4-13H,14H2,1-3H3. The molecular formula is C20H21NO. The smallest absolute Gasteiger partial charge is 0.258 e. The number of fused-ring (bicyclic) bond motifs is 1. The van der Waals surface area contributed by atoms with Crippen LogP contribution in [0.4, 0.5) is 0 Å².